The summed E-state index contributed by atoms with van der Waals surface area (Å²) in [4.78, 5) is 11.1. The molecule has 1 aromatic carbocycles. The maximum Gasteiger partial charge on any atom is 0.201 e. The summed E-state index contributed by atoms with van der Waals surface area (Å²) in [6.07, 6.45) is 0.303. The first-order valence-corrected chi connectivity index (χ1v) is 5.24. The van der Waals surface area contributed by atoms with Crippen LogP contribution in [0.15, 0.2) is 47.4 Å². The largest absolute Gasteiger partial charge is 0.507 e. The van der Waals surface area contributed by atoms with Crippen LogP contribution in [0.5, 0.6) is 0 Å². The smallest absolute Gasteiger partial charge is 0.201 e. The fourth-order valence-electron chi connectivity index (χ4n) is 1.75. The third kappa shape index (κ3) is 2.01. The first-order valence-electron chi connectivity index (χ1n) is 5.24. The topological polar surface area (TPSA) is 77.8 Å². The summed E-state index contributed by atoms with van der Waals surface area (Å²) >= 11 is 0. The van der Waals surface area contributed by atoms with Gasteiger partial charge in [0, 0.05) is 17.6 Å². The van der Waals surface area contributed by atoms with Crippen LogP contribution >= 0.6 is 0 Å². The summed E-state index contributed by atoms with van der Waals surface area (Å²) < 4.78 is 0. The van der Waals surface area contributed by atoms with Crippen molar-refractivity contribution in [3.05, 3.63) is 53.0 Å². The molecule has 0 heterocycles. The highest BCUT2D eigenvalue weighted by Crippen LogP contribution is 2.30. The number of carbonyl (C=O) groups excluding carboxylic acids is 1. The Morgan fingerprint density at radius 1 is 1.00 bits per heavy atom. The Hall–Kier alpha value is -2.23. The Morgan fingerprint density at radius 2 is 1.65 bits per heavy atom. The Balaban J connectivity index is 2.50. The van der Waals surface area contributed by atoms with Crippen LogP contribution in [0.4, 0.5) is 0 Å². The number of aliphatic hydroxyl groups excluding tert-OH is 3. The van der Waals surface area contributed by atoms with E-state index in [0.717, 1.165) is 0 Å². The van der Waals surface area contributed by atoms with Gasteiger partial charge >= 0.3 is 0 Å². The molecule has 1 aromatic rings. The lowest BCUT2D eigenvalue weighted by molar-refractivity contribution is -0.118. The molecule has 0 spiro atoms. The van der Waals surface area contributed by atoms with Crippen molar-refractivity contribution in [1.29, 1.82) is 0 Å². The number of aliphatic hydroxyl groups is 3. The minimum absolute atomic E-state index is 0.0854. The minimum Gasteiger partial charge on any atom is -0.507 e. The summed E-state index contributed by atoms with van der Waals surface area (Å²) in [7, 11) is 0. The molecule has 0 unspecified atom stereocenters. The third-order valence-corrected chi connectivity index (χ3v) is 2.71. The molecule has 0 bridgehead atoms. The number of rotatable bonds is 1. The highest BCUT2D eigenvalue weighted by atomic mass is 16.3. The van der Waals surface area contributed by atoms with Crippen LogP contribution in [-0.2, 0) is 4.79 Å². The lowest BCUT2D eigenvalue weighted by atomic mass is 9.94. The maximum atomic E-state index is 11.1. The predicted octanol–water partition coefficient (Wildman–Crippen LogP) is 2.65. The number of allylic oxidation sites excluding steroid dienone is 2. The zero-order valence-electron chi connectivity index (χ0n) is 9.05. The van der Waals surface area contributed by atoms with Crippen LogP contribution in [0, 0.1) is 0 Å². The number of hydrogen-bond acceptors (Lipinski definition) is 4. The van der Waals surface area contributed by atoms with E-state index in [4.69, 9.17) is 0 Å². The molecule has 0 amide bonds. The normalized spacial score (nSPS) is 19.4. The van der Waals surface area contributed by atoms with Crippen molar-refractivity contribution in [3.8, 4) is 0 Å². The molecular formula is C13H12O4. The van der Waals surface area contributed by atoms with E-state index in [9.17, 15) is 20.1 Å². The standard InChI is InChI=1S/C13H12O4/c14-10-7-6-9(12(16)13(10)17)11(15)8-4-2-1-3-5-8/h1-5,15-17H,6-7H2. The van der Waals surface area contributed by atoms with Crippen LogP contribution < -0.4 is 0 Å². The van der Waals surface area contributed by atoms with E-state index in [1.54, 1.807) is 30.3 Å². The van der Waals surface area contributed by atoms with Crippen molar-refractivity contribution in [2.75, 3.05) is 0 Å². The van der Waals surface area contributed by atoms with Gasteiger partial charge in [0.25, 0.3) is 0 Å². The van der Waals surface area contributed by atoms with Gasteiger partial charge in [-0.3, -0.25) is 4.79 Å². The summed E-state index contributed by atoms with van der Waals surface area (Å²) in [5.74, 6) is -1.81. The van der Waals surface area contributed by atoms with Crippen LogP contribution in [-0.4, -0.2) is 21.1 Å². The third-order valence-electron chi connectivity index (χ3n) is 2.71. The van der Waals surface area contributed by atoms with E-state index in [2.05, 4.69) is 0 Å². The molecule has 88 valence electrons. The molecule has 0 saturated heterocycles. The van der Waals surface area contributed by atoms with Crippen LogP contribution in [0.3, 0.4) is 0 Å². The van der Waals surface area contributed by atoms with Gasteiger partial charge < -0.3 is 15.3 Å². The molecule has 3 N–H and O–H groups in total. The predicted molar refractivity (Wildman–Crippen MR) is 62.5 cm³/mol. The molecule has 4 heteroatoms. The monoisotopic (exact) mass is 232 g/mol. The second kappa shape index (κ2) is 4.33. The summed E-state index contributed by atoms with van der Waals surface area (Å²) in [6, 6.07) is 8.67. The first kappa shape index (κ1) is 11.3. The van der Waals surface area contributed by atoms with Gasteiger partial charge in [-0.25, -0.2) is 0 Å². The highest BCUT2D eigenvalue weighted by molar-refractivity contribution is 5.96. The van der Waals surface area contributed by atoms with Gasteiger partial charge in [0.2, 0.25) is 11.5 Å². The molecule has 4 nitrogen and oxygen atoms in total. The zero-order valence-corrected chi connectivity index (χ0v) is 9.05. The van der Waals surface area contributed by atoms with Crippen LogP contribution in [0.25, 0.3) is 5.76 Å². The van der Waals surface area contributed by atoms with E-state index in [1.165, 1.54) is 0 Å². The highest BCUT2D eigenvalue weighted by Gasteiger charge is 2.26. The van der Waals surface area contributed by atoms with E-state index < -0.39 is 17.3 Å². The second-order valence-electron chi connectivity index (χ2n) is 3.81. The summed E-state index contributed by atoms with van der Waals surface area (Å²) in [5, 5.41) is 29.0. The van der Waals surface area contributed by atoms with Gasteiger partial charge in [-0.05, 0) is 6.42 Å². The number of hydrogen-bond donors (Lipinski definition) is 3. The Bertz CT molecular complexity index is 511. The Morgan fingerprint density at radius 3 is 2.29 bits per heavy atom. The van der Waals surface area contributed by atoms with Gasteiger partial charge in [0.1, 0.15) is 5.76 Å². The molecule has 1 aliphatic rings. The van der Waals surface area contributed by atoms with E-state index in [-0.39, 0.29) is 24.2 Å². The molecule has 0 atom stereocenters. The maximum absolute atomic E-state index is 11.1. The molecule has 2 rings (SSSR count). The number of carbonyl (C=O) groups is 1. The van der Waals surface area contributed by atoms with Crippen LogP contribution in [0.1, 0.15) is 18.4 Å². The molecule has 0 radical (unpaired) electrons. The fourth-order valence-corrected chi connectivity index (χ4v) is 1.75. The SMILES string of the molecule is O=C1CCC(=C(O)c2ccccc2)C(O)=C1O. The number of ketones is 1. The quantitative estimate of drug-likeness (QED) is 0.650. The molecule has 0 aliphatic heterocycles. The van der Waals surface area contributed by atoms with Gasteiger partial charge in [0.15, 0.2) is 5.76 Å². The van der Waals surface area contributed by atoms with Crippen molar-refractivity contribution >= 4 is 11.5 Å². The minimum atomic E-state index is -0.672. The van der Waals surface area contributed by atoms with Crippen molar-refractivity contribution < 1.29 is 20.1 Å². The fraction of sp³-hybridized carbons (Fsp3) is 0.154. The first-order chi connectivity index (χ1) is 8.11. The number of benzene rings is 1. The lowest BCUT2D eigenvalue weighted by Crippen LogP contribution is -2.14. The summed E-state index contributed by atoms with van der Waals surface area (Å²) in [6.45, 7) is 0. The molecule has 17 heavy (non-hydrogen) atoms. The van der Waals surface area contributed by atoms with Crippen molar-refractivity contribution in [2.24, 2.45) is 0 Å². The van der Waals surface area contributed by atoms with Gasteiger partial charge in [-0.1, -0.05) is 30.3 Å². The Labute approximate surface area is 98.1 Å². The van der Waals surface area contributed by atoms with E-state index in [0.29, 0.717) is 5.56 Å². The second-order valence-corrected chi connectivity index (χ2v) is 3.81. The van der Waals surface area contributed by atoms with Crippen LogP contribution in [0.2, 0.25) is 0 Å². The molecule has 0 fully saturated rings. The molecule has 0 saturated carbocycles. The molecule has 1 aliphatic carbocycles. The van der Waals surface area contributed by atoms with Crippen molar-refractivity contribution in [1.82, 2.24) is 0 Å². The van der Waals surface area contributed by atoms with E-state index in [1.807, 2.05) is 0 Å². The average Bonchev–Trinajstić information content (AvgIpc) is 2.36. The molecular weight excluding hydrogens is 220 g/mol. The Kier molecular flexibility index (Phi) is 2.87. The lowest BCUT2D eigenvalue weighted by Gasteiger charge is -2.15. The molecule has 0 aromatic heterocycles. The van der Waals surface area contributed by atoms with Gasteiger partial charge in [0.05, 0.1) is 0 Å². The van der Waals surface area contributed by atoms with Gasteiger partial charge in [-0.15, -0.1) is 0 Å². The summed E-state index contributed by atoms with van der Waals surface area (Å²) in [5.41, 5.74) is 0.740. The van der Waals surface area contributed by atoms with Crippen molar-refractivity contribution in [3.63, 3.8) is 0 Å². The zero-order chi connectivity index (χ0) is 12.4. The average molecular weight is 232 g/mol. The number of Topliss-reactive ketones (excluding diaryl/α,β-unsaturated/α-hetero) is 1. The van der Waals surface area contributed by atoms with Crippen molar-refractivity contribution in [2.45, 2.75) is 12.8 Å². The van der Waals surface area contributed by atoms with E-state index >= 15 is 0 Å². The van der Waals surface area contributed by atoms with Gasteiger partial charge in [-0.2, -0.15) is 0 Å².